The van der Waals surface area contributed by atoms with Crippen LogP contribution in [0.15, 0.2) is 30.4 Å². The first-order valence-corrected chi connectivity index (χ1v) is 25.9. The monoisotopic (exact) mass is 989 g/mol. The fourth-order valence-corrected chi connectivity index (χ4v) is 15.7. The summed E-state index contributed by atoms with van der Waals surface area (Å²) < 4.78 is 96.3. The van der Waals surface area contributed by atoms with Crippen molar-refractivity contribution < 1.29 is 52.7 Å². The summed E-state index contributed by atoms with van der Waals surface area (Å²) in [6.07, 6.45) is -4.35. The maximum Gasteiger partial charge on any atom is 0.344 e. The number of benzene rings is 2. The Balaban J connectivity index is 1.52. The molecule has 9 rings (SSSR count). The van der Waals surface area contributed by atoms with Crippen LogP contribution in [0, 0.1) is 43.9 Å². The van der Waals surface area contributed by atoms with E-state index in [0.29, 0.717) is 28.1 Å². The van der Waals surface area contributed by atoms with Crippen LogP contribution in [0.2, 0.25) is 0 Å². The molecule has 0 radical (unpaired) electrons. The Morgan fingerprint density at radius 1 is 0.958 bits per heavy atom. The topological polar surface area (TPSA) is 134 Å². The molecule has 0 amide bonds. The zero-order chi connectivity index (χ0) is 55.4. The molecule has 2 N–H and O–H groups in total. The Morgan fingerprint density at radius 3 is 2.25 bits per heavy atom. The lowest BCUT2D eigenvalue weighted by Gasteiger charge is -2.65. The average Bonchev–Trinajstić information content (AvgIpc) is 3.92. The number of esters is 3. The van der Waals surface area contributed by atoms with Crippen molar-refractivity contribution >= 4 is 34.5 Å². The number of anilines is 1. The second kappa shape index (κ2) is 17.6. The number of nitrogens with zero attached hydrogens (tertiary/aromatic N) is 3. The smallest absolute Gasteiger partial charge is 0.344 e. The van der Waals surface area contributed by atoms with E-state index in [4.69, 9.17) is 18.9 Å². The summed E-state index contributed by atoms with van der Waals surface area (Å²) in [6.45, 7) is 25.0. The maximum absolute atomic E-state index is 16.3. The Kier molecular flexibility index (Phi) is 11.4. The highest BCUT2D eigenvalue weighted by atomic mass is 19.3. The van der Waals surface area contributed by atoms with E-state index in [0.717, 1.165) is 55.5 Å². The summed E-state index contributed by atoms with van der Waals surface area (Å²) in [6, 6.07) is 1.82. The van der Waals surface area contributed by atoms with Crippen molar-refractivity contribution in [1.29, 1.82) is 0 Å². The number of carbonyl (C=O) groups is 3. The van der Waals surface area contributed by atoms with Crippen molar-refractivity contribution in [3.63, 3.8) is 0 Å². The van der Waals surface area contributed by atoms with Crippen LogP contribution in [-0.4, -0.2) is 119 Å². The van der Waals surface area contributed by atoms with Gasteiger partial charge in [0.2, 0.25) is 11.5 Å². The van der Waals surface area contributed by atoms with E-state index in [2.05, 4.69) is 33.8 Å². The first-order valence-electron chi connectivity index (χ1n) is 27.9. The van der Waals surface area contributed by atoms with Gasteiger partial charge in [-0.05, 0) is 147 Å². The lowest BCUT2D eigenvalue weighted by molar-refractivity contribution is -0.232. The third-order valence-electron chi connectivity index (χ3n) is 18.7. The summed E-state index contributed by atoms with van der Waals surface area (Å²) in [5.41, 5.74) is -2.51. The number of aryl methyl sites for hydroxylation is 2. The van der Waals surface area contributed by atoms with E-state index in [1.54, 1.807) is 13.0 Å². The molecule has 2 bridgehead atoms. The van der Waals surface area contributed by atoms with E-state index in [1.165, 1.54) is 6.08 Å². The predicted octanol–water partition coefficient (Wildman–Crippen LogP) is 9.54. The highest BCUT2D eigenvalue weighted by molar-refractivity contribution is 5.96. The molecule has 2 saturated heterocycles. The zero-order valence-corrected chi connectivity index (χ0v) is 44.3. The number of aromatic nitrogens is 1. The molecule has 14 heteroatoms. The van der Waals surface area contributed by atoms with Gasteiger partial charge in [-0.2, -0.15) is 0 Å². The molecule has 6 unspecified atom stereocenters. The van der Waals surface area contributed by atoms with Crippen LogP contribution >= 0.6 is 0 Å². The van der Waals surface area contributed by atoms with Crippen LogP contribution in [0.5, 0.6) is 5.75 Å². The van der Waals surface area contributed by atoms with Gasteiger partial charge >= 0.3 is 17.9 Å². The molecule has 1 spiro atoms. The van der Waals surface area contributed by atoms with Crippen molar-refractivity contribution in [2.24, 2.45) is 23.2 Å². The largest absolute Gasteiger partial charge is 0.493 e. The Bertz CT molecular complexity index is 2870. The number of fused-ring (bicyclic) bond motifs is 6. The van der Waals surface area contributed by atoms with Gasteiger partial charge in [0.15, 0.2) is 6.10 Å². The number of halogens is 2. The van der Waals surface area contributed by atoms with Gasteiger partial charge in [0.25, 0.3) is 0 Å². The number of hydrogen-bond acceptors (Lipinski definition) is 11. The first-order chi connectivity index (χ1) is 34.9. The molecule has 6 aliphatic rings. The summed E-state index contributed by atoms with van der Waals surface area (Å²) >= 11 is 0. The van der Waals surface area contributed by atoms with Crippen LogP contribution in [-0.2, 0) is 39.4 Å². The minimum atomic E-state index is -3.06. The molecule has 1 aliphatic carbocycles. The number of carbonyl (C=O) groups excluding carboxylic acids is 3. The molecule has 3 aromatic rings. The minimum Gasteiger partial charge on any atom is -0.493 e. The molecule has 2 aromatic carbocycles. The summed E-state index contributed by atoms with van der Waals surface area (Å²) in [5.74, 6) is -7.68. The summed E-state index contributed by atoms with van der Waals surface area (Å²) in [5, 5.41) is 15.0. The zero-order valence-electron chi connectivity index (χ0n) is 48.3. The predicted molar refractivity (Wildman–Crippen MR) is 270 cm³/mol. The molecule has 5 aliphatic heterocycles. The van der Waals surface area contributed by atoms with E-state index in [-0.39, 0.29) is 50.9 Å². The highest BCUT2D eigenvalue weighted by Gasteiger charge is 2.84. The van der Waals surface area contributed by atoms with Gasteiger partial charge in [0.05, 0.1) is 26.4 Å². The first kappa shape index (κ1) is 46.3. The molecule has 3 fully saturated rings. The standard InChI is InChI=1S/C57H78F2N4O8/c1-16-21-54-22-20-31(7)63-34(10)33(9)56(48(54)63)45-32(8)46(43(69-18-3)26-42(45)61(17-2)49(56)57(67,52(66)68-15)50(54)71-37(13)64)55(51(65)70-19-4)27-38-25-39(53(14,58)59)28-62(35(38)11)36(12)44-40-23-29(5)30(6)24-41(40)60-47(44)55/h20,22-24,26,31,33-36,38-39,48-50,60,67H,16-19,21,25,27-28H2,1-15H3/t31?,33-,34?,35?,36?,38+,39-,48+,49-,50-,54-,55+,56?,57+/m1/s1/i16D2,21D2. The van der Waals surface area contributed by atoms with Gasteiger partial charge in [-0.1, -0.05) is 32.4 Å². The number of nitrogens with one attached hydrogen (secondary N) is 1. The molecule has 1 aromatic heterocycles. The van der Waals surface area contributed by atoms with Crippen molar-refractivity contribution in [3.05, 3.63) is 69.4 Å². The summed E-state index contributed by atoms with van der Waals surface area (Å²) in [4.78, 5) is 55.2. The SMILES string of the molecule is [2H]C([2H])(C)C([2H])([2H])[C@]12C=CC(C)N3C(C)[C@@H](C)C4(c5c(cc(OCC)c([C@@]6(C(=O)OCC)C[C@@H]7C[C@@H](C(C)(F)F)CN(C(C)c8c6[nH]c6cc(C)c(C)cc86)C7C)c5C)N(CC)[C@H]4[C@@](O)(C(=O)OC)[C@@H]1OC(C)=O)[C@@H]32. The van der Waals surface area contributed by atoms with Crippen LogP contribution in [0.25, 0.3) is 10.9 Å². The van der Waals surface area contributed by atoms with Crippen molar-refractivity contribution in [2.45, 2.75) is 187 Å². The lowest BCUT2D eigenvalue weighted by Crippen LogP contribution is -2.82. The maximum atomic E-state index is 16.3. The Hall–Kier alpha value is -4.53. The Labute approximate surface area is 424 Å². The second-order valence-electron chi connectivity index (χ2n) is 21.9. The number of alkyl halides is 2. The molecular weight excluding hydrogens is 907 g/mol. The van der Waals surface area contributed by atoms with Gasteiger partial charge in [-0.3, -0.25) is 19.4 Å². The van der Waals surface area contributed by atoms with E-state index in [1.807, 2.05) is 73.3 Å². The van der Waals surface area contributed by atoms with Gasteiger partial charge < -0.3 is 33.9 Å². The number of methoxy groups -OCH3 is 1. The van der Waals surface area contributed by atoms with Crippen LogP contribution < -0.4 is 9.64 Å². The second-order valence-corrected chi connectivity index (χ2v) is 21.9. The molecule has 6 heterocycles. The third-order valence-corrected chi connectivity index (χ3v) is 18.7. The van der Waals surface area contributed by atoms with Gasteiger partial charge in [-0.25, -0.2) is 13.6 Å². The van der Waals surface area contributed by atoms with Crippen LogP contribution in [0.4, 0.5) is 14.5 Å². The molecule has 388 valence electrons. The Morgan fingerprint density at radius 2 is 1.65 bits per heavy atom. The lowest BCUT2D eigenvalue weighted by atomic mass is 9.45. The van der Waals surface area contributed by atoms with Crippen molar-refractivity contribution in [3.8, 4) is 5.75 Å². The number of ether oxygens (including phenoxy) is 4. The van der Waals surface area contributed by atoms with Gasteiger partial charge in [-0.15, -0.1) is 0 Å². The minimum absolute atomic E-state index is 0.0125. The quantitative estimate of drug-likeness (QED) is 0.108. The van der Waals surface area contributed by atoms with Crippen LogP contribution in [0.1, 0.15) is 152 Å². The van der Waals surface area contributed by atoms with Gasteiger partial charge in [0.1, 0.15) is 11.2 Å². The number of rotatable bonds is 11. The number of aliphatic hydroxyl groups is 1. The molecule has 15 atom stereocenters. The molecule has 12 nitrogen and oxygen atoms in total. The number of piperidine rings is 1. The third kappa shape index (κ3) is 6.70. The fraction of sp³-hybridized carbons (Fsp3) is 0.667. The number of likely N-dealkylation sites (N-methyl/N-ethyl adjacent to an activating group) is 1. The number of aromatic amines is 1. The van der Waals surface area contributed by atoms with Crippen molar-refractivity contribution in [1.82, 2.24) is 14.8 Å². The van der Waals surface area contributed by atoms with Gasteiger partial charge in [0, 0.05) is 106 Å². The average molecular weight is 989 g/mol. The molecule has 1 saturated carbocycles. The van der Waals surface area contributed by atoms with E-state index >= 15 is 18.4 Å². The highest BCUT2D eigenvalue weighted by Crippen LogP contribution is 2.72. The fourth-order valence-electron chi connectivity index (χ4n) is 15.7. The molecule has 71 heavy (non-hydrogen) atoms. The molecular formula is C57H78F2N4O8. The van der Waals surface area contributed by atoms with E-state index in [9.17, 15) is 15.4 Å². The van der Waals surface area contributed by atoms with Crippen LogP contribution in [0.3, 0.4) is 0 Å². The normalized spacial score (nSPS) is 38.3. The number of hydrogen-bond donors (Lipinski definition) is 2. The summed E-state index contributed by atoms with van der Waals surface area (Å²) in [7, 11) is 1.11. The van der Waals surface area contributed by atoms with Crippen molar-refractivity contribution in [2.75, 3.05) is 38.3 Å². The van der Waals surface area contributed by atoms with E-state index < -0.39 is 112 Å². The number of H-pyrrole nitrogens is 1.